The van der Waals surface area contributed by atoms with Crippen LogP contribution in [-0.4, -0.2) is 89.2 Å². The van der Waals surface area contributed by atoms with E-state index in [4.69, 9.17) is 0 Å². The van der Waals surface area contributed by atoms with Crippen LogP contribution in [0, 0.1) is 5.41 Å². The van der Waals surface area contributed by atoms with Gasteiger partial charge in [-0.25, -0.2) is 0 Å². The zero-order chi connectivity index (χ0) is 42.3. The topological polar surface area (TPSA) is 114 Å². The number of likely N-dealkylation sites (tertiary alicyclic amines) is 1. The van der Waals surface area contributed by atoms with Crippen molar-refractivity contribution >= 4 is 29.8 Å². The van der Waals surface area contributed by atoms with Crippen molar-refractivity contribution < 1.29 is 24.3 Å². The summed E-state index contributed by atoms with van der Waals surface area (Å²) < 4.78 is 0. The van der Waals surface area contributed by atoms with Gasteiger partial charge in [0.15, 0.2) is 0 Å². The van der Waals surface area contributed by atoms with Gasteiger partial charge in [0, 0.05) is 62.6 Å². The maximum Gasteiger partial charge on any atom is 0.261 e. The van der Waals surface area contributed by atoms with E-state index >= 15 is 0 Å². The third-order valence-corrected chi connectivity index (χ3v) is 14.7. The summed E-state index contributed by atoms with van der Waals surface area (Å²) in [4.78, 5) is 59.4. The number of aryl methyl sites for hydroxylation is 1. The molecule has 1 aliphatic carbocycles. The Morgan fingerprint density at radius 3 is 2.23 bits per heavy atom. The molecule has 4 aromatic carbocycles. The van der Waals surface area contributed by atoms with Crippen LogP contribution in [0.15, 0.2) is 97.2 Å². The standard InChI is InChI=1S/C51H57N5O5/c1-34(52-33-57)8-9-35(2)56-49(60)45-29-38-18-23-53(31-40(38)30-46(45)50(56)61)32-47(59)55-26-21-51(22-27-55)19-24-54(25-20-51)41-13-10-37(11-14-41)48-43(36-6-4-3-5-7-36)16-12-39-28-42(58)15-17-44(39)48/h3-7,10-11,13-15,17,28-30,33,35,43,48,58H,1,8-9,12,16,18-27,31-32H2,2H3,(H,52,57). The Bertz CT molecular complexity index is 2330. The summed E-state index contributed by atoms with van der Waals surface area (Å²) in [5.41, 5.74) is 10.3. The van der Waals surface area contributed by atoms with E-state index in [2.05, 4.69) is 87.3 Å². The number of benzene rings is 4. The predicted molar refractivity (Wildman–Crippen MR) is 237 cm³/mol. The fourth-order valence-corrected chi connectivity index (χ4v) is 11.0. The number of anilines is 1. The molecule has 3 atom stereocenters. The lowest BCUT2D eigenvalue weighted by Crippen LogP contribution is -2.50. The number of carbonyl (C=O) groups is 4. The van der Waals surface area contributed by atoms with Crippen molar-refractivity contribution in [2.45, 2.75) is 89.1 Å². The van der Waals surface area contributed by atoms with E-state index in [-0.39, 0.29) is 35.1 Å². The van der Waals surface area contributed by atoms with Gasteiger partial charge >= 0.3 is 0 Å². The van der Waals surface area contributed by atoms with Gasteiger partial charge in [0.2, 0.25) is 12.3 Å². The molecule has 1 spiro atoms. The van der Waals surface area contributed by atoms with Crippen LogP contribution in [0.4, 0.5) is 5.69 Å². The van der Waals surface area contributed by atoms with Crippen molar-refractivity contribution in [1.82, 2.24) is 20.0 Å². The van der Waals surface area contributed by atoms with Gasteiger partial charge in [-0.05, 0) is 146 Å². The molecule has 2 fully saturated rings. The van der Waals surface area contributed by atoms with Gasteiger partial charge in [0.25, 0.3) is 11.8 Å². The molecule has 4 aliphatic heterocycles. The molecule has 0 aromatic heterocycles. The van der Waals surface area contributed by atoms with Crippen LogP contribution in [0.3, 0.4) is 0 Å². The SMILES string of the molecule is C=C(CCC(C)N1C(=O)c2cc3c(cc2C1=O)CN(CC(=O)N1CCC2(CC1)CCN(c1ccc(C4c5ccc(O)cc5CCC4c4ccccc4)cc1)CC2)CC3)NC=O. The van der Waals surface area contributed by atoms with E-state index in [1.165, 1.54) is 32.8 Å². The molecule has 9 rings (SSSR count). The fourth-order valence-electron chi connectivity index (χ4n) is 11.0. The molecule has 5 aliphatic rings. The second kappa shape index (κ2) is 17.0. The average Bonchev–Trinajstić information content (AvgIpc) is 3.52. The maximum absolute atomic E-state index is 13.7. The molecule has 4 amide bonds. The normalized spacial score (nSPS) is 21.4. The quantitative estimate of drug-likeness (QED) is 0.119. The van der Waals surface area contributed by atoms with Crippen LogP contribution >= 0.6 is 0 Å². The van der Waals surface area contributed by atoms with E-state index in [0.717, 1.165) is 88.8 Å². The largest absolute Gasteiger partial charge is 0.508 e. The lowest BCUT2D eigenvalue weighted by molar-refractivity contribution is -0.135. The van der Waals surface area contributed by atoms with Crippen LogP contribution in [0.5, 0.6) is 5.75 Å². The molecule has 2 N–H and O–H groups in total. The van der Waals surface area contributed by atoms with Gasteiger partial charge in [-0.15, -0.1) is 0 Å². The van der Waals surface area contributed by atoms with Crippen molar-refractivity contribution in [3.8, 4) is 5.75 Å². The van der Waals surface area contributed by atoms with Gasteiger partial charge in [-0.2, -0.15) is 0 Å². The molecule has 0 saturated carbocycles. The number of allylic oxidation sites excluding steroid dienone is 1. The monoisotopic (exact) mass is 819 g/mol. The van der Waals surface area contributed by atoms with Crippen molar-refractivity contribution in [3.05, 3.63) is 142 Å². The van der Waals surface area contributed by atoms with Crippen LogP contribution in [-0.2, 0) is 29.0 Å². The van der Waals surface area contributed by atoms with Gasteiger partial charge in [-0.1, -0.05) is 55.1 Å². The summed E-state index contributed by atoms with van der Waals surface area (Å²) in [6, 6.07) is 29.5. The number of piperidine rings is 2. The zero-order valence-electron chi connectivity index (χ0n) is 35.3. The number of amides is 4. The lowest BCUT2D eigenvalue weighted by atomic mass is 9.69. The van der Waals surface area contributed by atoms with E-state index < -0.39 is 0 Å². The minimum Gasteiger partial charge on any atom is -0.508 e. The smallest absolute Gasteiger partial charge is 0.261 e. The van der Waals surface area contributed by atoms with Gasteiger partial charge in [0.1, 0.15) is 5.75 Å². The lowest BCUT2D eigenvalue weighted by Gasteiger charge is -2.47. The number of hydrogen-bond acceptors (Lipinski definition) is 7. The van der Waals surface area contributed by atoms with E-state index in [0.29, 0.717) is 60.8 Å². The minimum atomic E-state index is -0.337. The molecular formula is C51H57N5O5. The van der Waals surface area contributed by atoms with E-state index in [9.17, 15) is 24.3 Å². The van der Waals surface area contributed by atoms with E-state index in [1.807, 2.05) is 31.2 Å². The Kier molecular flexibility index (Phi) is 11.3. The molecule has 0 radical (unpaired) electrons. The van der Waals surface area contributed by atoms with Crippen molar-refractivity contribution in [2.24, 2.45) is 5.41 Å². The highest BCUT2D eigenvalue weighted by Crippen LogP contribution is 2.48. The summed E-state index contributed by atoms with van der Waals surface area (Å²) >= 11 is 0. The maximum atomic E-state index is 13.7. The third kappa shape index (κ3) is 8.10. The minimum absolute atomic E-state index is 0.167. The Morgan fingerprint density at radius 2 is 1.52 bits per heavy atom. The molecule has 61 heavy (non-hydrogen) atoms. The molecule has 4 aromatic rings. The van der Waals surface area contributed by atoms with Crippen molar-refractivity contribution in [2.75, 3.05) is 44.2 Å². The molecule has 10 heteroatoms. The number of hydrogen-bond donors (Lipinski definition) is 2. The molecule has 3 unspecified atom stereocenters. The number of rotatable bonds is 11. The van der Waals surface area contributed by atoms with Crippen molar-refractivity contribution in [3.63, 3.8) is 0 Å². The second-order valence-corrected chi connectivity index (χ2v) is 18.2. The molecule has 0 bridgehead atoms. The van der Waals surface area contributed by atoms with Crippen LogP contribution in [0.1, 0.15) is 118 Å². The first kappa shape index (κ1) is 40.7. The van der Waals surface area contributed by atoms with Gasteiger partial charge < -0.3 is 20.2 Å². The number of aromatic hydroxyl groups is 1. The Hall–Kier alpha value is -5.74. The summed E-state index contributed by atoms with van der Waals surface area (Å²) in [6.45, 7) is 10.9. The van der Waals surface area contributed by atoms with Crippen LogP contribution < -0.4 is 10.2 Å². The highest BCUT2D eigenvalue weighted by Gasteiger charge is 2.41. The Balaban J connectivity index is 0.775. The van der Waals surface area contributed by atoms with Crippen LogP contribution in [0.25, 0.3) is 0 Å². The predicted octanol–water partition coefficient (Wildman–Crippen LogP) is 7.55. The first-order valence-electron chi connectivity index (χ1n) is 22.2. The molecular weight excluding hydrogens is 763 g/mol. The Morgan fingerprint density at radius 1 is 0.836 bits per heavy atom. The van der Waals surface area contributed by atoms with Crippen molar-refractivity contribution in [1.29, 1.82) is 0 Å². The highest BCUT2D eigenvalue weighted by molar-refractivity contribution is 6.21. The number of carbonyl (C=O) groups excluding carboxylic acids is 4. The summed E-state index contributed by atoms with van der Waals surface area (Å²) in [7, 11) is 0. The highest BCUT2D eigenvalue weighted by atomic mass is 16.3. The van der Waals surface area contributed by atoms with Gasteiger partial charge in [-0.3, -0.25) is 29.0 Å². The fraction of sp³-hybridized carbons (Fsp3) is 0.412. The average molecular weight is 820 g/mol. The number of imide groups is 1. The third-order valence-electron chi connectivity index (χ3n) is 14.7. The number of nitrogens with zero attached hydrogens (tertiary/aromatic N) is 4. The van der Waals surface area contributed by atoms with E-state index in [1.54, 1.807) is 0 Å². The van der Waals surface area contributed by atoms with Crippen LogP contribution in [0.2, 0.25) is 0 Å². The number of fused-ring (bicyclic) bond motifs is 3. The summed E-state index contributed by atoms with van der Waals surface area (Å²) in [5.74, 6) is 0.565. The first-order valence-corrected chi connectivity index (χ1v) is 22.2. The molecule has 316 valence electrons. The summed E-state index contributed by atoms with van der Waals surface area (Å²) in [5, 5.41) is 12.8. The second-order valence-electron chi connectivity index (χ2n) is 18.2. The molecule has 2 saturated heterocycles. The molecule has 10 nitrogen and oxygen atoms in total. The first-order chi connectivity index (χ1) is 29.6. The zero-order valence-corrected chi connectivity index (χ0v) is 35.3. The number of nitrogens with one attached hydrogen (secondary N) is 1. The number of phenols is 1. The Labute approximate surface area is 359 Å². The summed E-state index contributed by atoms with van der Waals surface area (Å²) in [6.07, 6.45) is 8.62. The number of phenolic OH excluding ortho intramolecular Hbond substituents is 1. The van der Waals surface area contributed by atoms with Gasteiger partial charge in [0.05, 0.1) is 17.7 Å². The molecule has 4 heterocycles.